The topological polar surface area (TPSA) is 39.2 Å². The Morgan fingerprint density at radius 1 is 1.47 bits per heavy atom. The first-order valence-electron chi connectivity index (χ1n) is 6.87. The fourth-order valence-corrected chi connectivity index (χ4v) is 3.76. The molecule has 0 saturated heterocycles. The fraction of sp³-hybridized carbons (Fsp3) is 0.500. The molecular formula is C16H19NO2. The average Bonchev–Trinajstić information content (AvgIpc) is 2.88. The van der Waals surface area contributed by atoms with Crippen LogP contribution < -0.4 is 4.74 Å². The zero-order chi connectivity index (χ0) is 13.6. The van der Waals surface area contributed by atoms with Gasteiger partial charge in [-0.2, -0.15) is 0 Å². The molecule has 0 N–H and O–H groups in total. The SMILES string of the molecule is CCC(=O)[C@]12C=C(C)C[C@H]1Cc1nc(OC)ccc12. The zero-order valence-electron chi connectivity index (χ0n) is 11.7. The number of fused-ring (bicyclic) bond motifs is 3. The van der Waals surface area contributed by atoms with E-state index in [2.05, 4.69) is 18.0 Å². The predicted molar refractivity (Wildman–Crippen MR) is 73.3 cm³/mol. The van der Waals surface area contributed by atoms with Crippen LogP contribution in [-0.4, -0.2) is 17.9 Å². The van der Waals surface area contributed by atoms with Crippen LogP contribution in [0.1, 0.15) is 37.9 Å². The molecule has 0 unspecified atom stereocenters. The van der Waals surface area contributed by atoms with Crippen LogP contribution in [0.2, 0.25) is 0 Å². The largest absolute Gasteiger partial charge is 0.481 e. The quantitative estimate of drug-likeness (QED) is 0.782. The van der Waals surface area contributed by atoms with Gasteiger partial charge in [0.2, 0.25) is 5.88 Å². The van der Waals surface area contributed by atoms with E-state index in [4.69, 9.17) is 4.74 Å². The van der Waals surface area contributed by atoms with Gasteiger partial charge in [-0.15, -0.1) is 0 Å². The van der Waals surface area contributed by atoms with E-state index < -0.39 is 5.41 Å². The first kappa shape index (κ1) is 12.4. The summed E-state index contributed by atoms with van der Waals surface area (Å²) >= 11 is 0. The fourth-order valence-electron chi connectivity index (χ4n) is 3.76. The highest BCUT2D eigenvalue weighted by Gasteiger charge is 2.53. The second-order valence-corrected chi connectivity index (χ2v) is 5.59. The highest BCUT2D eigenvalue weighted by Crippen LogP contribution is 2.52. The Kier molecular flexibility index (Phi) is 2.73. The first-order chi connectivity index (χ1) is 9.11. The molecule has 0 aliphatic heterocycles. The third-order valence-electron chi connectivity index (χ3n) is 4.51. The maximum absolute atomic E-state index is 12.6. The molecule has 0 aromatic carbocycles. The Labute approximate surface area is 113 Å². The Morgan fingerprint density at radius 3 is 2.95 bits per heavy atom. The van der Waals surface area contributed by atoms with Crippen molar-refractivity contribution in [3.63, 3.8) is 0 Å². The van der Waals surface area contributed by atoms with E-state index in [-0.39, 0.29) is 0 Å². The van der Waals surface area contributed by atoms with Crippen LogP contribution in [-0.2, 0) is 16.6 Å². The summed E-state index contributed by atoms with van der Waals surface area (Å²) in [6.45, 7) is 4.07. The number of ketones is 1. The Balaban J connectivity index is 2.17. The molecule has 0 bridgehead atoms. The second-order valence-electron chi connectivity index (χ2n) is 5.59. The molecular weight excluding hydrogens is 238 g/mol. The van der Waals surface area contributed by atoms with Gasteiger partial charge in [-0.1, -0.05) is 24.6 Å². The van der Waals surface area contributed by atoms with Crippen LogP contribution in [0, 0.1) is 5.92 Å². The molecule has 3 heteroatoms. The minimum Gasteiger partial charge on any atom is -0.481 e. The van der Waals surface area contributed by atoms with Gasteiger partial charge in [-0.05, 0) is 31.2 Å². The summed E-state index contributed by atoms with van der Waals surface area (Å²) in [4.78, 5) is 17.1. The van der Waals surface area contributed by atoms with Crippen LogP contribution in [0.3, 0.4) is 0 Å². The van der Waals surface area contributed by atoms with Crippen LogP contribution in [0.25, 0.3) is 0 Å². The highest BCUT2D eigenvalue weighted by atomic mass is 16.5. The number of rotatable bonds is 3. The van der Waals surface area contributed by atoms with Gasteiger partial charge >= 0.3 is 0 Å². The lowest BCUT2D eigenvalue weighted by Crippen LogP contribution is -2.35. The molecule has 2 aliphatic rings. The number of ether oxygens (including phenoxy) is 1. The standard InChI is InChI=1S/C16H19NO2/c1-4-14(18)16-9-10(2)7-11(16)8-13-12(16)5-6-15(17-13)19-3/h5-6,9,11H,4,7-8H2,1-3H3/t11-,16+/m0/s1. The summed E-state index contributed by atoms with van der Waals surface area (Å²) in [6, 6.07) is 3.90. The predicted octanol–water partition coefficient (Wildman–Crippen LogP) is 2.83. The first-order valence-corrected chi connectivity index (χ1v) is 6.87. The van der Waals surface area contributed by atoms with Crippen molar-refractivity contribution in [2.45, 2.75) is 38.5 Å². The zero-order valence-corrected chi connectivity index (χ0v) is 11.7. The van der Waals surface area contributed by atoms with E-state index in [1.165, 1.54) is 5.57 Å². The maximum Gasteiger partial charge on any atom is 0.213 e. The van der Waals surface area contributed by atoms with Crippen LogP contribution in [0.4, 0.5) is 0 Å². The number of hydrogen-bond donors (Lipinski definition) is 0. The smallest absolute Gasteiger partial charge is 0.213 e. The molecule has 1 aromatic heterocycles. The molecule has 0 spiro atoms. The van der Waals surface area contributed by atoms with Crippen LogP contribution in [0.15, 0.2) is 23.8 Å². The summed E-state index contributed by atoms with van der Waals surface area (Å²) in [7, 11) is 1.63. The van der Waals surface area contributed by atoms with Gasteiger partial charge in [-0.3, -0.25) is 4.79 Å². The molecule has 0 saturated carbocycles. The molecule has 0 radical (unpaired) electrons. The number of nitrogens with zero attached hydrogens (tertiary/aromatic N) is 1. The number of carbonyl (C=O) groups is 1. The Hall–Kier alpha value is -1.64. The summed E-state index contributed by atoms with van der Waals surface area (Å²) < 4.78 is 5.19. The Morgan fingerprint density at radius 2 is 2.26 bits per heavy atom. The molecule has 19 heavy (non-hydrogen) atoms. The van der Waals surface area contributed by atoms with E-state index in [9.17, 15) is 4.79 Å². The monoisotopic (exact) mass is 257 g/mol. The lowest BCUT2D eigenvalue weighted by molar-refractivity contribution is -0.123. The van der Waals surface area contributed by atoms with E-state index in [1.54, 1.807) is 7.11 Å². The minimum atomic E-state index is -0.409. The molecule has 100 valence electrons. The van der Waals surface area contributed by atoms with E-state index in [0.29, 0.717) is 24.0 Å². The number of carbonyl (C=O) groups excluding carboxylic acids is 1. The van der Waals surface area contributed by atoms with Crippen molar-refractivity contribution in [1.29, 1.82) is 0 Å². The van der Waals surface area contributed by atoms with Gasteiger partial charge in [0, 0.05) is 18.2 Å². The average molecular weight is 257 g/mol. The normalized spacial score (nSPS) is 27.7. The Bertz CT molecular complexity index is 576. The summed E-state index contributed by atoms with van der Waals surface area (Å²) in [5.41, 5.74) is 3.05. The van der Waals surface area contributed by atoms with Gasteiger partial charge in [0.25, 0.3) is 0 Å². The third kappa shape index (κ3) is 1.57. The van der Waals surface area contributed by atoms with Crippen molar-refractivity contribution in [1.82, 2.24) is 4.98 Å². The van der Waals surface area contributed by atoms with Crippen LogP contribution >= 0.6 is 0 Å². The summed E-state index contributed by atoms with van der Waals surface area (Å²) in [6.07, 6.45) is 4.64. The summed E-state index contributed by atoms with van der Waals surface area (Å²) in [5.74, 6) is 1.31. The molecule has 2 aliphatic carbocycles. The minimum absolute atomic E-state index is 0.320. The van der Waals surface area contributed by atoms with Gasteiger partial charge in [-0.25, -0.2) is 4.98 Å². The lowest BCUT2D eigenvalue weighted by atomic mass is 9.73. The van der Waals surface area contributed by atoms with Crippen molar-refractivity contribution in [2.75, 3.05) is 7.11 Å². The van der Waals surface area contributed by atoms with E-state index in [1.807, 2.05) is 19.1 Å². The molecule has 1 heterocycles. The molecule has 2 atom stereocenters. The number of methoxy groups -OCH3 is 1. The van der Waals surface area contributed by atoms with Crippen LogP contribution in [0.5, 0.6) is 5.88 Å². The van der Waals surface area contributed by atoms with Gasteiger partial charge in [0.15, 0.2) is 0 Å². The van der Waals surface area contributed by atoms with Gasteiger partial charge in [0.1, 0.15) is 5.78 Å². The number of allylic oxidation sites excluding steroid dienone is 2. The van der Waals surface area contributed by atoms with Crippen molar-refractivity contribution >= 4 is 5.78 Å². The molecule has 0 fully saturated rings. The van der Waals surface area contributed by atoms with Crippen molar-refractivity contribution < 1.29 is 9.53 Å². The molecule has 3 nitrogen and oxygen atoms in total. The lowest BCUT2D eigenvalue weighted by Gasteiger charge is -2.27. The van der Waals surface area contributed by atoms with Crippen molar-refractivity contribution in [3.05, 3.63) is 35.0 Å². The number of pyridine rings is 1. The summed E-state index contributed by atoms with van der Waals surface area (Å²) in [5, 5.41) is 0. The molecule has 0 amide bonds. The number of Topliss-reactive ketones (excluding diaryl/α,β-unsaturated/α-hetero) is 1. The molecule has 1 aromatic rings. The van der Waals surface area contributed by atoms with Crippen molar-refractivity contribution in [3.8, 4) is 5.88 Å². The number of aromatic nitrogens is 1. The van der Waals surface area contributed by atoms with Gasteiger partial charge < -0.3 is 4.74 Å². The molecule has 3 rings (SSSR count). The number of hydrogen-bond acceptors (Lipinski definition) is 3. The van der Waals surface area contributed by atoms with Crippen molar-refractivity contribution in [2.24, 2.45) is 5.92 Å². The van der Waals surface area contributed by atoms with E-state index in [0.717, 1.165) is 24.1 Å². The highest BCUT2D eigenvalue weighted by molar-refractivity contribution is 5.94. The third-order valence-corrected chi connectivity index (χ3v) is 4.51. The maximum atomic E-state index is 12.6. The van der Waals surface area contributed by atoms with Gasteiger partial charge in [0.05, 0.1) is 12.5 Å². The second kappa shape index (κ2) is 4.19. The van der Waals surface area contributed by atoms with E-state index >= 15 is 0 Å².